The summed E-state index contributed by atoms with van der Waals surface area (Å²) >= 11 is 12.2. The lowest BCUT2D eigenvalue weighted by atomic mass is 9.89. The highest BCUT2D eigenvalue weighted by atomic mass is 35.5. The number of rotatable bonds is 3. The Labute approximate surface area is 181 Å². The number of nitrogens with zero attached hydrogens (tertiary/aromatic N) is 2. The third-order valence-electron chi connectivity index (χ3n) is 5.30. The molecule has 0 aliphatic carbocycles. The maximum absolute atomic E-state index is 10.1. The van der Waals surface area contributed by atoms with Gasteiger partial charge in [-0.15, -0.1) is 0 Å². The van der Waals surface area contributed by atoms with Crippen LogP contribution in [0.5, 0.6) is 0 Å². The summed E-state index contributed by atoms with van der Waals surface area (Å²) < 4.78 is 5.54. The standard InChI is InChI=1S/C24H20Cl2N2O/c1-16-21(17-2-6-19(25)7-3-17)14-22(18-4-8-20(26)9-5-18)23(15-27)24(16)28-10-12-29-13-11-28/h2-9,14H,10-13H2,1H3. The van der Waals surface area contributed by atoms with Gasteiger partial charge in [0.15, 0.2) is 0 Å². The molecule has 4 rings (SSSR count). The topological polar surface area (TPSA) is 36.3 Å². The molecule has 29 heavy (non-hydrogen) atoms. The Kier molecular flexibility index (Phi) is 5.78. The van der Waals surface area contributed by atoms with Gasteiger partial charge in [-0.25, -0.2) is 0 Å². The molecule has 146 valence electrons. The Hall–Kier alpha value is -2.51. The van der Waals surface area contributed by atoms with Crippen LogP contribution in [-0.2, 0) is 4.74 Å². The van der Waals surface area contributed by atoms with E-state index in [4.69, 9.17) is 27.9 Å². The first-order chi connectivity index (χ1) is 14.1. The van der Waals surface area contributed by atoms with Crippen LogP contribution in [0, 0.1) is 18.3 Å². The van der Waals surface area contributed by atoms with Gasteiger partial charge in [-0.1, -0.05) is 47.5 Å². The maximum atomic E-state index is 10.1. The molecular formula is C24H20Cl2N2O. The summed E-state index contributed by atoms with van der Waals surface area (Å²) in [6.45, 7) is 4.93. The zero-order valence-corrected chi connectivity index (χ0v) is 17.6. The number of ether oxygens (including phenoxy) is 1. The number of anilines is 1. The first-order valence-corrected chi connectivity index (χ1v) is 10.3. The van der Waals surface area contributed by atoms with Gasteiger partial charge in [0, 0.05) is 28.7 Å². The van der Waals surface area contributed by atoms with Crippen molar-refractivity contribution in [1.29, 1.82) is 5.26 Å². The van der Waals surface area contributed by atoms with Crippen molar-refractivity contribution in [3.05, 3.63) is 75.8 Å². The smallest absolute Gasteiger partial charge is 0.102 e. The molecule has 0 bridgehead atoms. The van der Waals surface area contributed by atoms with E-state index in [0.717, 1.165) is 46.6 Å². The Morgan fingerprint density at radius 1 is 0.862 bits per heavy atom. The summed E-state index contributed by atoms with van der Waals surface area (Å²) in [7, 11) is 0. The maximum Gasteiger partial charge on any atom is 0.102 e. The van der Waals surface area contributed by atoms with E-state index in [9.17, 15) is 5.26 Å². The molecule has 0 radical (unpaired) electrons. The van der Waals surface area contributed by atoms with E-state index in [1.54, 1.807) is 0 Å². The summed E-state index contributed by atoms with van der Waals surface area (Å²) in [5.74, 6) is 0. The van der Waals surface area contributed by atoms with E-state index in [0.29, 0.717) is 28.8 Å². The van der Waals surface area contributed by atoms with Gasteiger partial charge in [0.2, 0.25) is 0 Å². The zero-order valence-electron chi connectivity index (χ0n) is 16.1. The monoisotopic (exact) mass is 422 g/mol. The molecule has 0 amide bonds. The van der Waals surface area contributed by atoms with E-state index >= 15 is 0 Å². The van der Waals surface area contributed by atoms with Crippen molar-refractivity contribution < 1.29 is 4.74 Å². The van der Waals surface area contributed by atoms with Crippen LogP contribution >= 0.6 is 23.2 Å². The minimum Gasteiger partial charge on any atom is -0.378 e. The predicted molar refractivity (Wildman–Crippen MR) is 120 cm³/mol. The molecule has 3 aromatic carbocycles. The fourth-order valence-electron chi connectivity index (χ4n) is 3.85. The molecule has 0 atom stereocenters. The van der Waals surface area contributed by atoms with E-state index < -0.39 is 0 Å². The average molecular weight is 423 g/mol. The highest BCUT2D eigenvalue weighted by molar-refractivity contribution is 6.31. The zero-order chi connectivity index (χ0) is 20.4. The number of benzene rings is 3. The van der Waals surface area contributed by atoms with Crippen molar-refractivity contribution in [2.45, 2.75) is 6.92 Å². The van der Waals surface area contributed by atoms with Gasteiger partial charge in [0.05, 0.1) is 24.5 Å². The summed E-state index contributed by atoms with van der Waals surface area (Å²) in [6.07, 6.45) is 0. The summed E-state index contributed by atoms with van der Waals surface area (Å²) in [5.41, 5.74) is 6.78. The molecule has 0 unspecified atom stereocenters. The van der Waals surface area contributed by atoms with E-state index in [2.05, 4.69) is 24.0 Å². The van der Waals surface area contributed by atoms with E-state index in [1.165, 1.54) is 0 Å². The van der Waals surface area contributed by atoms with Gasteiger partial charge in [-0.2, -0.15) is 5.26 Å². The van der Waals surface area contributed by atoms with Crippen LogP contribution in [0.3, 0.4) is 0 Å². The summed E-state index contributed by atoms with van der Waals surface area (Å²) in [4.78, 5) is 2.26. The van der Waals surface area contributed by atoms with Crippen LogP contribution in [0.25, 0.3) is 22.3 Å². The Morgan fingerprint density at radius 2 is 1.38 bits per heavy atom. The Bertz CT molecular complexity index is 1060. The average Bonchev–Trinajstić information content (AvgIpc) is 2.75. The highest BCUT2D eigenvalue weighted by Crippen LogP contribution is 2.41. The van der Waals surface area contributed by atoms with Crippen molar-refractivity contribution >= 4 is 28.9 Å². The van der Waals surface area contributed by atoms with E-state index in [-0.39, 0.29) is 0 Å². The molecule has 3 nitrogen and oxygen atoms in total. The largest absolute Gasteiger partial charge is 0.378 e. The third kappa shape index (κ3) is 3.97. The van der Waals surface area contributed by atoms with Gasteiger partial charge >= 0.3 is 0 Å². The number of hydrogen-bond acceptors (Lipinski definition) is 3. The second-order valence-corrected chi connectivity index (χ2v) is 7.92. The van der Waals surface area contributed by atoms with Gasteiger partial charge in [0.25, 0.3) is 0 Å². The first-order valence-electron chi connectivity index (χ1n) is 9.51. The molecule has 0 aromatic heterocycles. The van der Waals surface area contributed by atoms with Crippen molar-refractivity contribution in [3.8, 4) is 28.3 Å². The minimum atomic E-state index is 0.658. The number of nitriles is 1. The molecule has 1 fully saturated rings. The molecule has 1 heterocycles. The highest BCUT2D eigenvalue weighted by Gasteiger charge is 2.23. The number of halogens is 2. The fourth-order valence-corrected chi connectivity index (χ4v) is 4.10. The molecule has 1 aliphatic heterocycles. The first kappa shape index (κ1) is 19.8. The molecular weight excluding hydrogens is 403 g/mol. The Morgan fingerprint density at radius 3 is 1.90 bits per heavy atom. The molecule has 0 N–H and O–H groups in total. The van der Waals surface area contributed by atoms with Gasteiger partial charge in [0.1, 0.15) is 6.07 Å². The van der Waals surface area contributed by atoms with Crippen LogP contribution < -0.4 is 4.90 Å². The molecule has 0 spiro atoms. The number of morpholine rings is 1. The lowest BCUT2D eigenvalue weighted by molar-refractivity contribution is 0.122. The van der Waals surface area contributed by atoms with Crippen molar-refractivity contribution in [2.24, 2.45) is 0 Å². The van der Waals surface area contributed by atoms with Crippen LogP contribution in [0.15, 0.2) is 54.6 Å². The van der Waals surface area contributed by atoms with Crippen molar-refractivity contribution in [2.75, 3.05) is 31.2 Å². The molecule has 3 aromatic rings. The van der Waals surface area contributed by atoms with Crippen LogP contribution in [0.2, 0.25) is 10.0 Å². The minimum absolute atomic E-state index is 0.658. The van der Waals surface area contributed by atoms with Crippen LogP contribution in [-0.4, -0.2) is 26.3 Å². The predicted octanol–water partition coefficient (Wildman–Crippen LogP) is 6.34. The SMILES string of the molecule is Cc1c(-c2ccc(Cl)cc2)cc(-c2ccc(Cl)cc2)c(C#N)c1N1CCOCC1. The molecule has 5 heteroatoms. The normalized spacial score (nSPS) is 13.9. The van der Waals surface area contributed by atoms with Crippen LogP contribution in [0.4, 0.5) is 5.69 Å². The lowest BCUT2D eigenvalue weighted by Gasteiger charge is -2.32. The third-order valence-corrected chi connectivity index (χ3v) is 5.81. The second-order valence-electron chi connectivity index (χ2n) is 7.05. The summed E-state index contributed by atoms with van der Waals surface area (Å²) in [6, 6.07) is 20.0. The molecule has 1 aliphatic rings. The van der Waals surface area contributed by atoms with Crippen LogP contribution in [0.1, 0.15) is 11.1 Å². The molecule has 1 saturated heterocycles. The van der Waals surface area contributed by atoms with Gasteiger partial charge in [-0.3, -0.25) is 0 Å². The quantitative estimate of drug-likeness (QED) is 0.493. The summed E-state index contributed by atoms with van der Waals surface area (Å²) in [5, 5.41) is 11.5. The van der Waals surface area contributed by atoms with Crippen molar-refractivity contribution in [3.63, 3.8) is 0 Å². The fraction of sp³-hybridized carbons (Fsp3) is 0.208. The lowest BCUT2D eigenvalue weighted by Crippen LogP contribution is -2.37. The Balaban J connectivity index is 1.98. The number of hydrogen-bond donors (Lipinski definition) is 0. The van der Waals surface area contributed by atoms with Gasteiger partial charge in [-0.05, 0) is 59.5 Å². The van der Waals surface area contributed by atoms with Gasteiger partial charge < -0.3 is 9.64 Å². The van der Waals surface area contributed by atoms with E-state index in [1.807, 2.05) is 48.5 Å². The van der Waals surface area contributed by atoms with Crippen molar-refractivity contribution in [1.82, 2.24) is 0 Å². The second kappa shape index (κ2) is 8.47. The molecule has 0 saturated carbocycles.